The minimum Gasteiger partial charge on any atom is -0.384 e. The van der Waals surface area contributed by atoms with E-state index in [-0.39, 0.29) is 0 Å². The predicted molar refractivity (Wildman–Crippen MR) is 83.3 cm³/mol. The molecule has 1 nitrogen and oxygen atoms in total. The molecule has 2 aliphatic carbocycles. The molecular formula is C17H17ClOS. The zero-order chi connectivity index (χ0) is 13.7. The highest BCUT2D eigenvalue weighted by Gasteiger charge is 2.52. The summed E-state index contributed by atoms with van der Waals surface area (Å²) in [6, 6.07) is 10.6. The van der Waals surface area contributed by atoms with Gasteiger partial charge in [-0.15, -0.1) is 11.3 Å². The van der Waals surface area contributed by atoms with Crippen LogP contribution in [0.3, 0.4) is 0 Å². The summed E-state index contributed by atoms with van der Waals surface area (Å²) in [4.78, 5) is 0.986. The number of aliphatic hydroxyl groups is 1. The Labute approximate surface area is 128 Å². The average molecular weight is 305 g/mol. The van der Waals surface area contributed by atoms with Crippen LogP contribution in [0.1, 0.15) is 28.8 Å². The molecule has 2 atom stereocenters. The van der Waals surface area contributed by atoms with E-state index in [1.165, 1.54) is 11.1 Å². The van der Waals surface area contributed by atoms with Crippen molar-refractivity contribution in [3.05, 3.63) is 56.7 Å². The SMILES string of the molecule is OC1(c2sccc2Cl)C2CCC1Cc1ccccc1C2. The van der Waals surface area contributed by atoms with Gasteiger partial charge < -0.3 is 5.11 Å². The molecule has 2 unspecified atom stereocenters. The van der Waals surface area contributed by atoms with E-state index in [1.807, 2.05) is 11.4 Å². The van der Waals surface area contributed by atoms with Gasteiger partial charge in [-0.3, -0.25) is 0 Å². The molecule has 2 bridgehead atoms. The highest BCUT2D eigenvalue weighted by Crippen LogP contribution is 2.55. The van der Waals surface area contributed by atoms with Crippen LogP contribution >= 0.6 is 22.9 Å². The Bertz CT molecular complexity index is 615. The van der Waals surface area contributed by atoms with Gasteiger partial charge in [-0.25, -0.2) is 0 Å². The quantitative estimate of drug-likeness (QED) is 0.827. The van der Waals surface area contributed by atoms with Crippen molar-refractivity contribution in [3.8, 4) is 0 Å². The zero-order valence-electron chi connectivity index (χ0n) is 11.2. The lowest BCUT2D eigenvalue weighted by molar-refractivity contribution is -0.0360. The number of benzene rings is 1. The van der Waals surface area contributed by atoms with Crippen LogP contribution in [0.15, 0.2) is 35.7 Å². The summed E-state index contributed by atoms with van der Waals surface area (Å²) >= 11 is 7.94. The molecule has 2 aliphatic rings. The van der Waals surface area contributed by atoms with Gasteiger partial charge in [-0.05, 0) is 60.1 Å². The molecule has 0 amide bonds. The lowest BCUT2D eigenvalue weighted by atomic mass is 9.81. The van der Waals surface area contributed by atoms with Gasteiger partial charge in [0.05, 0.1) is 9.90 Å². The Morgan fingerprint density at radius 3 is 2.15 bits per heavy atom. The Hall–Kier alpha value is -0.830. The normalized spacial score (nSPS) is 31.9. The minimum absolute atomic E-state index is 0.298. The maximum absolute atomic E-state index is 11.5. The van der Waals surface area contributed by atoms with E-state index >= 15 is 0 Å². The molecule has 1 aromatic carbocycles. The van der Waals surface area contributed by atoms with Crippen molar-refractivity contribution in [2.75, 3.05) is 0 Å². The van der Waals surface area contributed by atoms with Gasteiger partial charge in [0.25, 0.3) is 0 Å². The number of hydrogen-bond donors (Lipinski definition) is 1. The molecule has 2 aromatic rings. The molecule has 3 heteroatoms. The summed E-state index contributed by atoms with van der Waals surface area (Å²) in [6.45, 7) is 0. The van der Waals surface area contributed by atoms with E-state index in [2.05, 4.69) is 24.3 Å². The molecule has 1 aromatic heterocycles. The third kappa shape index (κ3) is 1.71. The van der Waals surface area contributed by atoms with Crippen LogP contribution in [0.5, 0.6) is 0 Å². The second-order valence-corrected chi connectivity index (χ2v) is 7.39. The van der Waals surface area contributed by atoms with E-state index < -0.39 is 5.60 Å². The Kier molecular flexibility index (Phi) is 2.95. The number of hydrogen-bond acceptors (Lipinski definition) is 2. The van der Waals surface area contributed by atoms with E-state index in [1.54, 1.807) is 11.3 Å². The highest BCUT2D eigenvalue weighted by molar-refractivity contribution is 7.10. The molecule has 0 radical (unpaired) electrons. The fourth-order valence-electron chi connectivity index (χ4n) is 4.13. The van der Waals surface area contributed by atoms with Crippen molar-refractivity contribution in [2.24, 2.45) is 11.8 Å². The van der Waals surface area contributed by atoms with Gasteiger partial charge in [0.15, 0.2) is 0 Å². The fourth-order valence-corrected chi connectivity index (χ4v) is 5.59. The van der Waals surface area contributed by atoms with Crippen molar-refractivity contribution in [1.82, 2.24) is 0 Å². The van der Waals surface area contributed by atoms with E-state index in [0.29, 0.717) is 11.8 Å². The van der Waals surface area contributed by atoms with Gasteiger partial charge >= 0.3 is 0 Å². The Balaban J connectivity index is 1.83. The van der Waals surface area contributed by atoms with Crippen LogP contribution < -0.4 is 0 Å². The Morgan fingerprint density at radius 2 is 1.65 bits per heavy atom. The van der Waals surface area contributed by atoms with Crippen LogP contribution in [0, 0.1) is 11.8 Å². The second kappa shape index (κ2) is 4.59. The van der Waals surface area contributed by atoms with Crippen LogP contribution in [0.4, 0.5) is 0 Å². The molecule has 1 heterocycles. The van der Waals surface area contributed by atoms with Crippen molar-refractivity contribution in [2.45, 2.75) is 31.3 Å². The van der Waals surface area contributed by atoms with Gasteiger partial charge in [-0.1, -0.05) is 35.9 Å². The maximum atomic E-state index is 11.5. The molecule has 0 spiro atoms. The lowest BCUT2D eigenvalue weighted by Crippen LogP contribution is -2.36. The molecule has 0 saturated heterocycles. The molecule has 1 N–H and O–H groups in total. The number of halogens is 1. The smallest absolute Gasteiger partial charge is 0.106 e. The summed E-state index contributed by atoms with van der Waals surface area (Å²) < 4.78 is 0. The van der Waals surface area contributed by atoms with Crippen molar-refractivity contribution in [3.63, 3.8) is 0 Å². The molecule has 20 heavy (non-hydrogen) atoms. The van der Waals surface area contributed by atoms with Crippen LogP contribution in [-0.4, -0.2) is 5.11 Å². The summed E-state index contributed by atoms with van der Waals surface area (Å²) in [5.41, 5.74) is 2.08. The Morgan fingerprint density at radius 1 is 1.05 bits per heavy atom. The number of rotatable bonds is 1. The van der Waals surface area contributed by atoms with Gasteiger partial charge in [0.1, 0.15) is 5.60 Å². The highest BCUT2D eigenvalue weighted by atomic mass is 35.5. The molecule has 104 valence electrons. The molecule has 1 saturated carbocycles. The standard InChI is InChI=1S/C17H17ClOS/c18-15-7-8-20-16(15)17(19)13-5-6-14(17)10-12-4-2-1-3-11(12)9-13/h1-4,7-8,13-14,19H,5-6,9-10H2. The molecule has 4 rings (SSSR count). The molecular weight excluding hydrogens is 288 g/mol. The lowest BCUT2D eigenvalue weighted by Gasteiger charge is -2.33. The van der Waals surface area contributed by atoms with Crippen molar-refractivity contribution in [1.29, 1.82) is 0 Å². The van der Waals surface area contributed by atoms with Gasteiger partial charge in [-0.2, -0.15) is 0 Å². The molecule has 0 aliphatic heterocycles. The summed E-state index contributed by atoms with van der Waals surface area (Å²) in [6.07, 6.45) is 4.14. The summed E-state index contributed by atoms with van der Waals surface area (Å²) in [5.74, 6) is 0.597. The third-order valence-corrected chi connectivity index (χ3v) is 6.62. The van der Waals surface area contributed by atoms with Crippen molar-refractivity contribution >= 4 is 22.9 Å². The first kappa shape index (κ1) is 12.9. The van der Waals surface area contributed by atoms with E-state index in [4.69, 9.17) is 11.6 Å². The average Bonchev–Trinajstić information content (AvgIpc) is 2.94. The van der Waals surface area contributed by atoms with Crippen LogP contribution in [0.25, 0.3) is 0 Å². The van der Waals surface area contributed by atoms with Crippen LogP contribution in [-0.2, 0) is 18.4 Å². The minimum atomic E-state index is -0.732. The first-order chi connectivity index (χ1) is 9.69. The largest absolute Gasteiger partial charge is 0.384 e. The van der Waals surface area contributed by atoms with E-state index in [9.17, 15) is 5.11 Å². The first-order valence-electron chi connectivity index (χ1n) is 7.22. The van der Waals surface area contributed by atoms with Gasteiger partial charge in [0.2, 0.25) is 0 Å². The van der Waals surface area contributed by atoms with Crippen molar-refractivity contribution < 1.29 is 5.11 Å². The maximum Gasteiger partial charge on any atom is 0.106 e. The number of thiophene rings is 1. The first-order valence-corrected chi connectivity index (χ1v) is 8.48. The molecule has 1 fully saturated rings. The van der Waals surface area contributed by atoms with Crippen LogP contribution in [0.2, 0.25) is 5.02 Å². The monoisotopic (exact) mass is 304 g/mol. The summed E-state index contributed by atoms with van der Waals surface area (Å²) in [7, 11) is 0. The third-order valence-electron chi connectivity index (χ3n) is 5.14. The summed E-state index contributed by atoms with van der Waals surface area (Å²) in [5, 5.41) is 14.2. The zero-order valence-corrected chi connectivity index (χ0v) is 12.8. The fraction of sp³-hybridized carbons (Fsp3) is 0.412. The number of fused-ring (bicyclic) bond motifs is 3. The van der Waals surface area contributed by atoms with Gasteiger partial charge in [0, 0.05) is 0 Å². The van der Waals surface area contributed by atoms with E-state index in [0.717, 1.165) is 35.6 Å². The second-order valence-electron chi connectivity index (χ2n) is 6.07. The topological polar surface area (TPSA) is 20.2 Å². The predicted octanol–water partition coefficient (Wildman–Crippen LogP) is 4.41.